The number of rotatable bonds is 4. The number of halogens is 3. The summed E-state index contributed by atoms with van der Waals surface area (Å²) in [5.74, 6) is -1.02. The lowest BCUT2D eigenvalue weighted by Gasteiger charge is -2.24. The average Bonchev–Trinajstić information content (AvgIpc) is 2.02. The summed E-state index contributed by atoms with van der Waals surface area (Å²) in [5.41, 5.74) is -2.36. The number of hydrogen-bond acceptors (Lipinski definition) is 2. The summed E-state index contributed by atoms with van der Waals surface area (Å²) in [5, 5.41) is 0. The van der Waals surface area contributed by atoms with Gasteiger partial charge < -0.3 is 4.74 Å². The van der Waals surface area contributed by atoms with Gasteiger partial charge in [0.25, 0.3) is 0 Å². The van der Waals surface area contributed by atoms with Crippen LogP contribution in [0.5, 0.6) is 0 Å². The molecule has 5 heteroatoms. The Balaban J connectivity index is 4.52. The van der Waals surface area contributed by atoms with E-state index >= 15 is 0 Å². The van der Waals surface area contributed by atoms with Crippen LogP contribution in [-0.4, -0.2) is 18.6 Å². The van der Waals surface area contributed by atoms with Gasteiger partial charge in [-0.1, -0.05) is 0 Å². The molecule has 0 saturated carbocycles. The number of carbonyl (C=O) groups is 1. The Hall–Kier alpha value is -1.00. The second-order valence-electron chi connectivity index (χ2n) is 3.25. The zero-order chi connectivity index (χ0) is 11.4. The molecule has 0 amide bonds. The Labute approximate surface area is 80.7 Å². The van der Waals surface area contributed by atoms with Gasteiger partial charge in [0.05, 0.1) is 12.9 Å². The fourth-order valence-electron chi connectivity index (χ4n) is 0.554. The first-order valence-electron chi connectivity index (χ1n) is 4.12. The molecule has 0 rings (SSSR count). The Morgan fingerprint density at radius 2 is 1.86 bits per heavy atom. The third kappa shape index (κ3) is 3.05. The normalized spacial score (nSPS) is 13.3. The van der Waals surface area contributed by atoms with Crippen LogP contribution in [0, 0.1) is 5.41 Å². The summed E-state index contributed by atoms with van der Waals surface area (Å²) in [7, 11) is 0. The van der Waals surface area contributed by atoms with Crippen molar-refractivity contribution in [1.82, 2.24) is 0 Å². The fraction of sp³-hybridized carbons (Fsp3) is 0.667. The van der Waals surface area contributed by atoms with Crippen LogP contribution >= 0.6 is 0 Å². The molecule has 0 heterocycles. The summed E-state index contributed by atoms with van der Waals surface area (Å²) >= 11 is 0. The maximum Gasteiger partial charge on any atom is 0.401 e. The Morgan fingerprint density at radius 3 is 2.21 bits per heavy atom. The Morgan fingerprint density at radius 1 is 1.36 bits per heavy atom. The van der Waals surface area contributed by atoms with E-state index in [-0.39, 0.29) is 0 Å². The van der Waals surface area contributed by atoms with Gasteiger partial charge >= 0.3 is 6.18 Å². The quantitative estimate of drug-likeness (QED) is 0.526. The van der Waals surface area contributed by atoms with Crippen molar-refractivity contribution in [3.05, 3.63) is 12.3 Å². The number of alkyl halides is 3. The summed E-state index contributed by atoms with van der Waals surface area (Å²) < 4.78 is 41.5. The van der Waals surface area contributed by atoms with E-state index in [1.165, 1.54) is 0 Å². The van der Waals surface area contributed by atoms with Crippen molar-refractivity contribution in [2.45, 2.75) is 26.9 Å². The lowest BCUT2D eigenvalue weighted by atomic mass is 9.87. The molecule has 0 saturated heterocycles. The molecule has 0 aromatic rings. The van der Waals surface area contributed by atoms with Crippen LogP contribution in [-0.2, 0) is 9.53 Å². The molecule has 0 N–H and O–H groups in total. The molecule has 14 heavy (non-hydrogen) atoms. The summed E-state index contributed by atoms with van der Waals surface area (Å²) in [6, 6.07) is 0. The molecule has 0 aromatic heterocycles. The monoisotopic (exact) mass is 210 g/mol. The van der Waals surface area contributed by atoms with Gasteiger partial charge in [-0.3, -0.25) is 4.79 Å². The average molecular weight is 210 g/mol. The number of ketones is 1. The van der Waals surface area contributed by atoms with E-state index in [9.17, 15) is 18.0 Å². The first-order valence-corrected chi connectivity index (χ1v) is 4.12. The highest BCUT2D eigenvalue weighted by Gasteiger charge is 2.51. The van der Waals surface area contributed by atoms with Gasteiger partial charge in [0.2, 0.25) is 0 Å². The number of ether oxygens (including phenoxy) is 1. The highest BCUT2D eigenvalue weighted by atomic mass is 19.4. The molecule has 0 unspecified atom stereocenters. The van der Waals surface area contributed by atoms with Crippen LogP contribution in [0.25, 0.3) is 0 Å². The van der Waals surface area contributed by atoms with E-state index in [2.05, 4.69) is 4.74 Å². The summed E-state index contributed by atoms with van der Waals surface area (Å²) in [6.07, 6.45) is -2.76. The van der Waals surface area contributed by atoms with Crippen molar-refractivity contribution in [2.24, 2.45) is 5.41 Å². The van der Waals surface area contributed by atoms with Crippen molar-refractivity contribution in [1.29, 1.82) is 0 Å². The Kier molecular flexibility index (Phi) is 4.16. The standard InChI is InChI=1S/C9H13F3O2/c1-4-14-6-5-7(13)8(2,3)9(10,11)12/h5-6H,4H2,1-3H3. The van der Waals surface area contributed by atoms with Crippen LogP contribution in [0.4, 0.5) is 13.2 Å². The zero-order valence-electron chi connectivity index (χ0n) is 8.31. The molecular weight excluding hydrogens is 197 g/mol. The maximum atomic E-state index is 12.3. The molecule has 82 valence electrons. The second-order valence-corrected chi connectivity index (χ2v) is 3.25. The molecule has 0 aromatic carbocycles. The minimum Gasteiger partial charge on any atom is -0.501 e. The number of allylic oxidation sites excluding steroid dienone is 1. The minimum atomic E-state index is -4.54. The van der Waals surface area contributed by atoms with Gasteiger partial charge in [-0.05, 0) is 20.8 Å². The van der Waals surface area contributed by atoms with E-state index < -0.39 is 17.4 Å². The molecule has 0 fully saturated rings. The highest BCUT2D eigenvalue weighted by molar-refractivity contribution is 5.94. The van der Waals surface area contributed by atoms with Crippen LogP contribution in [0.2, 0.25) is 0 Å². The van der Waals surface area contributed by atoms with E-state index in [4.69, 9.17) is 0 Å². The topological polar surface area (TPSA) is 26.3 Å². The molecule has 2 nitrogen and oxygen atoms in total. The molecule has 0 bridgehead atoms. The maximum absolute atomic E-state index is 12.3. The first-order chi connectivity index (χ1) is 6.23. The molecule has 0 spiro atoms. The minimum absolute atomic E-state index is 0.316. The van der Waals surface area contributed by atoms with Crippen molar-refractivity contribution < 1.29 is 22.7 Å². The van der Waals surface area contributed by atoms with Gasteiger partial charge in [0.1, 0.15) is 5.41 Å². The van der Waals surface area contributed by atoms with Crippen molar-refractivity contribution in [3.8, 4) is 0 Å². The van der Waals surface area contributed by atoms with Gasteiger partial charge in [-0.2, -0.15) is 13.2 Å². The van der Waals surface area contributed by atoms with Crippen LogP contribution in [0.15, 0.2) is 12.3 Å². The second kappa shape index (κ2) is 4.48. The first kappa shape index (κ1) is 13.0. The van der Waals surface area contributed by atoms with Crippen LogP contribution in [0.3, 0.4) is 0 Å². The van der Waals surface area contributed by atoms with Crippen molar-refractivity contribution in [3.63, 3.8) is 0 Å². The number of hydrogen-bond donors (Lipinski definition) is 0. The van der Waals surface area contributed by atoms with E-state index in [1.54, 1.807) is 6.92 Å². The van der Waals surface area contributed by atoms with Crippen molar-refractivity contribution >= 4 is 5.78 Å². The third-order valence-electron chi connectivity index (χ3n) is 1.81. The van der Waals surface area contributed by atoms with Gasteiger partial charge in [0.15, 0.2) is 5.78 Å². The van der Waals surface area contributed by atoms with Crippen molar-refractivity contribution in [2.75, 3.05) is 6.61 Å². The van der Waals surface area contributed by atoms with Crippen LogP contribution < -0.4 is 0 Å². The molecule has 0 aliphatic carbocycles. The van der Waals surface area contributed by atoms with Gasteiger partial charge in [0, 0.05) is 6.08 Å². The molecule has 0 aliphatic heterocycles. The zero-order valence-corrected chi connectivity index (χ0v) is 8.31. The summed E-state index contributed by atoms with van der Waals surface area (Å²) in [6.45, 7) is 3.66. The lowest BCUT2D eigenvalue weighted by molar-refractivity contribution is -0.207. The fourth-order valence-corrected chi connectivity index (χ4v) is 0.554. The largest absolute Gasteiger partial charge is 0.501 e. The molecule has 0 aliphatic rings. The molecule has 0 atom stereocenters. The predicted molar refractivity (Wildman–Crippen MR) is 45.6 cm³/mol. The predicted octanol–water partition coefficient (Wildman–Crippen LogP) is 2.69. The smallest absolute Gasteiger partial charge is 0.401 e. The SMILES string of the molecule is CCOC=CC(=O)C(C)(C)C(F)(F)F. The third-order valence-corrected chi connectivity index (χ3v) is 1.81. The van der Waals surface area contributed by atoms with E-state index in [0.717, 1.165) is 26.2 Å². The summed E-state index contributed by atoms with van der Waals surface area (Å²) in [4.78, 5) is 11.1. The van der Waals surface area contributed by atoms with Gasteiger partial charge in [-0.15, -0.1) is 0 Å². The highest BCUT2D eigenvalue weighted by Crippen LogP contribution is 2.38. The van der Waals surface area contributed by atoms with E-state index in [1.807, 2.05) is 0 Å². The molecule has 0 radical (unpaired) electrons. The van der Waals surface area contributed by atoms with Gasteiger partial charge in [-0.25, -0.2) is 0 Å². The lowest BCUT2D eigenvalue weighted by Crippen LogP contribution is -2.38. The number of carbonyl (C=O) groups excluding carboxylic acids is 1. The van der Waals surface area contributed by atoms with E-state index in [0.29, 0.717) is 6.61 Å². The Bertz CT molecular complexity index is 229. The van der Waals surface area contributed by atoms with Crippen LogP contribution in [0.1, 0.15) is 20.8 Å². The molecular formula is C9H13F3O2.